The maximum absolute atomic E-state index is 6.13. The Hall–Kier alpha value is -1.03. The number of rotatable bonds is 5. The lowest BCUT2D eigenvalue weighted by Crippen LogP contribution is -2.11. The minimum atomic E-state index is 0.679. The number of benzene rings is 1. The van der Waals surface area contributed by atoms with E-state index in [0.717, 1.165) is 29.4 Å². The third-order valence-electron chi connectivity index (χ3n) is 2.60. The number of hydrogen-bond acceptors (Lipinski definition) is 2. The Morgan fingerprint density at radius 1 is 1.33 bits per heavy atom. The van der Waals surface area contributed by atoms with Gasteiger partial charge in [-0.2, -0.15) is 0 Å². The second kappa shape index (κ2) is 6.23. The van der Waals surface area contributed by atoms with Crippen molar-refractivity contribution >= 4 is 23.2 Å². The lowest BCUT2D eigenvalue weighted by Gasteiger charge is -2.05. The highest BCUT2D eigenvalue weighted by atomic mass is 35.5. The summed E-state index contributed by atoms with van der Waals surface area (Å²) in [4.78, 5) is 4.33. The van der Waals surface area contributed by atoms with E-state index in [1.807, 2.05) is 29.2 Å². The van der Waals surface area contributed by atoms with Crippen molar-refractivity contribution in [1.82, 2.24) is 14.9 Å². The number of halogens is 2. The minimum Gasteiger partial charge on any atom is -0.333 e. The van der Waals surface area contributed by atoms with Crippen LogP contribution in [0.2, 0.25) is 10.0 Å². The topological polar surface area (TPSA) is 29.9 Å². The predicted molar refractivity (Wildman–Crippen MR) is 75.2 cm³/mol. The zero-order chi connectivity index (χ0) is 13.0. The maximum atomic E-state index is 6.13. The molecule has 2 aromatic rings. The average molecular weight is 284 g/mol. The summed E-state index contributed by atoms with van der Waals surface area (Å²) in [5, 5.41) is 4.66. The molecule has 0 aliphatic carbocycles. The number of nitrogens with zero attached hydrogens (tertiary/aromatic N) is 2. The Balaban J connectivity index is 2.08. The van der Waals surface area contributed by atoms with Gasteiger partial charge in [-0.05, 0) is 30.3 Å². The fourth-order valence-corrected chi connectivity index (χ4v) is 2.07. The molecule has 0 aliphatic rings. The molecule has 0 saturated heterocycles. The van der Waals surface area contributed by atoms with Crippen molar-refractivity contribution in [2.24, 2.45) is 0 Å². The molecule has 0 fully saturated rings. The molecule has 1 N–H and O–H groups in total. The van der Waals surface area contributed by atoms with Crippen molar-refractivity contribution in [1.29, 1.82) is 0 Å². The summed E-state index contributed by atoms with van der Waals surface area (Å²) >= 11 is 12.1. The van der Waals surface area contributed by atoms with E-state index in [9.17, 15) is 0 Å². The van der Waals surface area contributed by atoms with Gasteiger partial charge in [0, 0.05) is 22.8 Å². The zero-order valence-corrected chi connectivity index (χ0v) is 11.7. The highest BCUT2D eigenvalue weighted by Gasteiger charge is 2.04. The molecule has 5 heteroatoms. The van der Waals surface area contributed by atoms with Gasteiger partial charge < -0.3 is 9.88 Å². The summed E-state index contributed by atoms with van der Waals surface area (Å²) in [5.74, 6) is 0. The van der Waals surface area contributed by atoms with Crippen LogP contribution in [0.5, 0.6) is 0 Å². The van der Waals surface area contributed by atoms with Crippen LogP contribution in [0.15, 0.2) is 30.7 Å². The molecule has 0 spiro atoms. The first-order valence-corrected chi connectivity index (χ1v) is 6.60. The first kappa shape index (κ1) is 13.4. The molecule has 0 radical (unpaired) electrons. The highest BCUT2D eigenvalue weighted by Crippen LogP contribution is 2.21. The number of hydrogen-bond donors (Lipinski definition) is 1. The summed E-state index contributed by atoms with van der Waals surface area (Å²) < 4.78 is 2.00. The lowest BCUT2D eigenvalue weighted by molar-refractivity contribution is 0.712. The predicted octanol–water partition coefficient (Wildman–Crippen LogP) is 3.35. The molecule has 1 aromatic heterocycles. The molecule has 2 rings (SSSR count). The summed E-state index contributed by atoms with van der Waals surface area (Å²) in [6.45, 7) is 4.47. The van der Waals surface area contributed by atoms with Crippen molar-refractivity contribution in [2.45, 2.75) is 20.0 Å². The van der Waals surface area contributed by atoms with E-state index in [0.29, 0.717) is 11.6 Å². The van der Waals surface area contributed by atoms with Crippen LogP contribution in [0.3, 0.4) is 0 Å². The van der Waals surface area contributed by atoms with Gasteiger partial charge in [0.05, 0.1) is 18.6 Å². The van der Waals surface area contributed by atoms with Crippen LogP contribution >= 0.6 is 23.2 Å². The van der Waals surface area contributed by atoms with E-state index in [1.54, 1.807) is 6.07 Å². The second-order valence-corrected chi connectivity index (χ2v) is 4.90. The van der Waals surface area contributed by atoms with Crippen molar-refractivity contribution in [3.8, 4) is 0 Å². The van der Waals surface area contributed by atoms with Crippen LogP contribution in [0, 0.1) is 0 Å². The standard InChI is InChI=1S/C13H15Cl2N3/c1-2-16-6-12-8-18(9-17-12)7-10-5-11(14)3-4-13(10)15/h3-5,8-9,16H,2,6-7H2,1H3. The fraction of sp³-hybridized carbons (Fsp3) is 0.308. The molecule has 0 saturated carbocycles. The van der Waals surface area contributed by atoms with Gasteiger partial charge in [-0.15, -0.1) is 0 Å². The van der Waals surface area contributed by atoms with Gasteiger partial charge in [0.15, 0.2) is 0 Å². The maximum Gasteiger partial charge on any atom is 0.0953 e. The van der Waals surface area contributed by atoms with Crippen molar-refractivity contribution in [2.75, 3.05) is 6.54 Å². The highest BCUT2D eigenvalue weighted by molar-refractivity contribution is 6.33. The molecule has 0 amide bonds. The summed E-state index contributed by atoms with van der Waals surface area (Å²) in [7, 11) is 0. The van der Waals surface area contributed by atoms with Crippen LogP contribution in [0.4, 0.5) is 0 Å². The van der Waals surface area contributed by atoms with Crippen molar-refractivity contribution in [3.05, 3.63) is 52.0 Å². The smallest absolute Gasteiger partial charge is 0.0953 e. The zero-order valence-electron chi connectivity index (χ0n) is 10.2. The first-order valence-electron chi connectivity index (χ1n) is 5.84. The Kier molecular flexibility index (Phi) is 4.64. The second-order valence-electron chi connectivity index (χ2n) is 4.05. The van der Waals surface area contributed by atoms with Gasteiger partial charge in [0.1, 0.15) is 0 Å². The molecule has 0 atom stereocenters. The average Bonchev–Trinajstić information content (AvgIpc) is 2.79. The Labute approximate surface area is 117 Å². The van der Waals surface area contributed by atoms with Crippen molar-refractivity contribution < 1.29 is 0 Å². The summed E-state index contributed by atoms with van der Waals surface area (Å²) in [5.41, 5.74) is 2.02. The molecule has 0 aliphatic heterocycles. The molecule has 0 bridgehead atoms. The van der Waals surface area contributed by atoms with Gasteiger partial charge in [-0.1, -0.05) is 30.1 Å². The summed E-state index contributed by atoms with van der Waals surface area (Å²) in [6.07, 6.45) is 3.82. The van der Waals surface area contributed by atoms with E-state index in [4.69, 9.17) is 23.2 Å². The third kappa shape index (κ3) is 3.48. The molecule has 1 heterocycles. The molecule has 96 valence electrons. The quantitative estimate of drug-likeness (QED) is 0.912. The Bertz CT molecular complexity index is 523. The van der Waals surface area contributed by atoms with E-state index >= 15 is 0 Å². The van der Waals surface area contributed by atoms with Crippen LogP contribution in [0.25, 0.3) is 0 Å². The number of aromatic nitrogens is 2. The first-order chi connectivity index (χ1) is 8.69. The molecule has 18 heavy (non-hydrogen) atoms. The van der Waals surface area contributed by atoms with Crippen LogP contribution < -0.4 is 5.32 Å². The van der Waals surface area contributed by atoms with E-state index in [1.165, 1.54) is 0 Å². The fourth-order valence-electron chi connectivity index (χ4n) is 1.70. The normalized spacial score (nSPS) is 10.8. The Morgan fingerprint density at radius 3 is 2.94 bits per heavy atom. The van der Waals surface area contributed by atoms with Gasteiger partial charge in [0.25, 0.3) is 0 Å². The number of imidazole rings is 1. The molecular formula is C13H15Cl2N3. The monoisotopic (exact) mass is 283 g/mol. The minimum absolute atomic E-state index is 0.679. The molecule has 3 nitrogen and oxygen atoms in total. The SMILES string of the molecule is CCNCc1cn(Cc2cc(Cl)ccc2Cl)cn1. The third-order valence-corrected chi connectivity index (χ3v) is 3.21. The van der Waals surface area contributed by atoms with E-state index < -0.39 is 0 Å². The molecule has 0 unspecified atom stereocenters. The largest absolute Gasteiger partial charge is 0.333 e. The summed E-state index contributed by atoms with van der Waals surface area (Å²) in [6, 6.07) is 5.49. The Morgan fingerprint density at radius 2 is 2.17 bits per heavy atom. The van der Waals surface area contributed by atoms with Crippen LogP contribution in [0.1, 0.15) is 18.2 Å². The van der Waals surface area contributed by atoms with Gasteiger partial charge >= 0.3 is 0 Å². The van der Waals surface area contributed by atoms with Crippen LogP contribution in [-0.2, 0) is 13.1 Å². The molecular weight excluding hydrogens is 269 g/mol. The van der Waals surface area contributed by atoms with Gasteiger partial charge in [-0.3, -0.25) is 0 Å². The lowest BCUT2D eigenvalue weighted by atomic mass is 10.2. The van der Waals surface area contributed by atoms with Crippen LogP contribution in [-0.4, -0.2) is 16.1 Å². The van der Waals surface area contributed by atoms with Crippen molar-refractivity contribution in [3.63, 3.8) is 0 Å². The van der Waals surface area contributed by atoms with E-state index in [-0.39, 0.29) is 0 Å². The van der Waals surface area contributed by atoms with Gasteiger partial charge in [-0.25, -0.2) is 4.98 Å². The van der Waals surface area contributed by atoms with Gasteiger partial charge in [0.2, 0.25) is 0 Å². The van der Waals surface area contributed by atoms with E-state index in [2.05, 4.69) is 17.2 Å². The number of nitrogens with one attached hydrogen (secondary N) is 1. The molecule has 1 aromatic carbocycles.